The van der Waals surface area contributed by atoms with Crippen LogP contribution in [0.25, 0.3) is 5.57 Å². The summed E-state index contributed by atoms with van der Waals surface area (Å²) >= 11 is 6.67. The van der Waals surface area contributed by atoms with E-state index in [1.54, 1.807) is 12.4 Å². The van der Waals surface area contributed by atoms with Crippen LogP contribution in [0.1, 0.15) is 18.2 Å². The van der Waals surface area contributed by atoms with E-state index >= 15 is 0 Å². The molecule has 11 heteroatoms. The number of hydrogen-bond donors (Lipinski definition) is 2. The van der Waals surface area contributed by atoms with E-state index in [4.69, 9.17) is 16.3 Å². The van der Waals surface area contributed by atoms with Crippen molar-refractivity contribution >= 4 is 40.8 Å². The van der Waals surface area contributed by atoms with Crippen LogP contribution in [-0.2, 0) is 4.74 Å². The van der Waals surface area contributed by atoms with Crippen LogP contribution in [-0.4, -0.2) is 58.5 Å². The number of ether oxygens (including phenoxy) is 1. The Morgan fingerprint density at radius 1 is 1.13 bits per heavy atom. The van der Waals surface area contributed by atoms with Crippen molar-refractivity contribution in [2.24, 2.45) is 5.10 Å². The van der Waals surface area contributed by atoms with Crippen molar-refractivity contribution < 1.29 is 9.13 Å². The number of hydrogen-bond acceptors (Lipinski definition) is 9. The summed E-state index contributed by atoms with van der Waals surface area (Å²) < 4.78 is 19.5. The van der Waals surface area contributed by atoms with Crippen LogP contribution in [0, 0.1) is 5.82 Å². The zero-order chi connectivity index (χ0) is 26.3. The molecule has 1 aliphatic heterocycles. The number of allylic oxidation sites excluding steroid dienone is 4. The third kappa shape index (κ3) is 6.39. The van der Waals surface area contributed by atoms with Crippen LogP contribution >= 0.6 is 11.6 Å². The molecule has 2 aliphatic rings. The fourth-order valence-corrected chi connectivity index (χ4v) is 4.27. The van der Waals surface area contributed by atoms with E-state index in [2.05, 4.69) is 47.9 Å². The molecule has 3 aromatic heterocycles. The second-order valence-electron chi connectivity index (χ2n) is 8.71. The van der Waals surface area contributed by atoms with Gasteiger partial charge in [-0.15, -0.1) is 0 Å². The molecule has 0 amide bonds. The maximum atomic E-state index is 14.2. The fraction of sp³-hybridized carbons (Fsp3) is 0.222. The molecule has 1 unspecified atom stereocenters. The summed E-state index contributed by atoms with van der Waals surface area (Å²) in [7, 11) is 0. The van der Waals surface area contributed by atoms with Gasteiger partial charge in [-0.3, -0.25) is 9.97 Å². The van der Waals surface area contributed by atoms with Crippen LogP contribution in [0.3, 0.4) is 0 Å². The highest BCUT2D eigenvalue weighted by Gasteiger charge is 2.18. The van der Waals surface area contributed by atoms with Crippen molar-refractivity contribution in [2.75, 3.05) is 41.9 Å². The first-order valence-corrected chi connectivity index (χ1v) is 12.5. The Balaban J connectivity index is 1.21. The van der Waals surface area contributed by atoms with Gasteiger partial charge in [0.2, 0.25) is 5.95 Å². The zero-order valence-electron chi connectivity index (χ0n) is 20.7. The van der Waals surface area contributed by atoms with Crippen molar-refractivity contribution in [1.29, 1.82) is 0 Å². The Hall–Kier alpha value is -4.15. The van der Waals surface area contributed by atoms with E-state index in [1.165, 1.54) is 6.21 Å². The van der Waals surface area contributed by atoms with Gasteiger partial charge in [0.15, 0.2) is 11.6 Å². The molecule has 38 heavy (non-hydrogen) atoms. The van der Waals surface area contributed by atoms with Gasteiger partial charge >= 0.3 is 0 Å². The Morgan fingerprint density at radius 3 is 2.76 bits per heavy atom. The number of anilines is 3. The predicted molar refractivity (Wildman–Crippen MR) is 148 cm³/mol. The van der Waals surface area contributed by atoms with Gasteiger partial charge in [0.05, 0.1) is 49.2 Å². The molecule has 4 heterocycles. The summed E-state index contributed by atoms with van der Waals surface area (Å²) in [6, 6.07) is 7.42. The lowest BCUT2D eigenvalue weighted by Crippen LogP contribution is -2.37. The van der Waals surface area contributed by atoms with Crippen LogP contribution < -0.4 is 15.6 Å². The van der Waals surface area contributed by atoms with Crippen molar-refractivity contribution in [3.8, 4) is 0 Å². The number of aromatic nitrogens is 4. The Morgan fingerprint density at radius 2 is 2.00 bits per heavy atom. The average Bonchev–Trinajstić information content (AvgIpc) is 3.09. The number of rotatable bonds is 7. The molecular formula is C27H26ClFN8O. The SMILES string of the molecule is CC1=CC(Nc2ccc(/C=N/Nc3ncc(F)c(N4CCOCC4)n3)nc2)C(Cl)=CC(c2cccnc2)=C1. The highest BCUT2D eigenvalue weighted by atomic mass is 35.5. The average molecular weight is 533 g/mol. The summed E-state index contributed by atoms with van der Waals surface area (Å²) in [6.07, 6.45) is 14.0. The molecule has 0 saturated carbocycles. The van der Waals surface area contributed by atoms with Crippen LogP contribution in [0.5, 0.6) is 0 Å². The van der Waals surface area contributed by atoms with Crippen molar-refractivity contribution in [1.82, 2.24) is 19.9 Å². The molecule has 194 valence electrons. The first kappa shape index (κ1) is 25.5. The largest absolute Gasteiger partial charge is 0.378 e. The van der Waals surface area contributed by atoms with E-state index in [9.17, 15) is 4.39 Å². The maximum Gasteiger partial charge on any atom is 0.245 e. The molecular weight excluding hydrogens is 507 g/mol. The van der Waals surface area contributed by atoms with Crippen LogP contribution in [0.2, 0.25) is 0 Å². The Bertz CT molecular complexity index is 1390. The van der Waals surface area contributed by atoms with Gasteiger partial charge in [-0.2, -0.15) is 10.1 Å². The quantitative estimate of drug-likeness (QED) is 0.335. The summed E-state index contributed by atoms with van der Waals surface area (Å²) in [5, 5.41) is 8.21. The standard InChI is InChI=1S/C27H26ClFN8O/c1-18-11-20(19-3-2-6-30-14-19)13-23(28)25(12-18)34-22-5-4-21(31-15-22)16-33-36-27-32-17-24(29)26(35-27)37-7-9-38-10-8-37/h2-6,11-17,25,34H,7-10H2,1H3,(H,32,35,36)/b33-16+. The maximum absolute atomic E-state index is 14.2. The van der Waals surface area contributed by atoms with E-state index in [0.29, 0.717) is 37.0 Å². The van der Waals surface area contributed by atoms with Crippen LogP contribution in [0.15, 0.2) is 83.0 Å². The van der Waals surface area contributed by atoms with Crippen molar-refractivity contribution in [3.05, 3.63) is 95.0 Å². The first-order chi connectivity index (χ1) is 18.5. The number of halogens is 2. The Labute approximate surface area is 224 Å². The van der Waals surface area contributed by atoms with Crippen molar-refractivity contribution in [2.45, 2.75) is 13.0 Å². The van der Waals surface area contributed by atoms with Gasteiger partial charge in [0, 0.05) is 36.1 Å². The van der Waals surface area contributed by atoms with E-state index in [0.717, 1.165) is 28.6 Å². The van der Waals surface area contributed by atoms with Gasteiger partial charge in [0.25, 0.3) is 0 Å². The van der Waals surface area contributed by atoms with Crippen molar-refractivity contribution in [3.63, 3.8) is 0 Å². The minimum absolute atomic E-state index is 0.193. The minimum atomic E-state index is -0.482. The van der Waals surface area contributed by atoms with E-state index < -0.39 is 5.82 Å². The molecule has 1 atom stereocenters. The topological polar surface area (TPSA) is 100 Å². The van der Waals surface area contributed by atoms with Gasteiger partial charge < -0.3 is 15.0 Å². The highest BCUT2D eigenvalue weighted by molar-refractivity contribution is 6.31. The van der Waals surface area contributed by atoms with Gasteiger partial charge in [-0.1, -0.05) is 35.4 Å². The van der Waals surface area contributed by atoms with E-state index in [-0.39, 0.29) is 17.8 Å². The second-order valence-corrected chi connectivity index (χ2v) is 9.15. The normalized spacial score (nSPS) is 17.9. The zero-order valence-corrected chi connectivity index (χ0v) is 21.4. The summed E-state index contributed by atoms with van der Waals surface area (Å²) in [5.41, 5.74) is 7.24. The molecule has 0 spiro atoms. The molecule has 0 bridgehead atoms. The van der Waals surface area contributed by atoms with Crippen LogP contribution in [0.4, 0.5) is 21.8 Å². The first-order valence-electron chi connectivity index (χ1n) is 12.1. The number of pyridine rings is 2. The predicted octanol–water partition coefficient (Wildman–Crippen LogP) is 4.64. The summed E-state index contributed by atoms with van der Waals surface area (Å²) in [5.74, 6) is -0.0598. The lowest BCUT2D eigenvalue weighted by atomic mass is 10.1. The molecule has 1 fully saturated rings. The summed E-state index contributed by atoms with van der Waals surface area (Å²) in [4.78, 5) is 18.7. The van der Waals surface area contributed by atoms with Gasteiger partial charge in [0.1, 0.15) is 0 Å². The highest BCUT2D eigenvalue weighted by Crippen LogP contribution is 2.27. The number of nitrogens with one attached hydrogen (secondary N) is 2. The number of hydrazone groups is 1. The van der Waals surface area contributed by atoms with Gasteiger partial charge in [-0.25, -0.2) is 14.8 Å². The molecule has 5 rings (SSSR count). The fourth-order valence-electron chi connectivity index (χ4n) is 4.04. The molecule has 3 aromatic rings. The molecule has 0 radical (unpaired) electrons. The number of morpholine rings is 1. The molecule has 1 aliphatic carbocycles. The molecule has 9 nitrogen and oxygen atoms in total. The Kier molecular flexibility index (Phi) is 8.01. The van der Waals surface area contributed by atoms with Gasteiger partial charge in [-0.05, 0) is 36.8 Å². The molecule has 0 aromatic carbocycles. The third-order valence-electron chi connectivity index (χ3n) is 5.90. The smallest absolute Gasteiger partial charge is 0.245 e. The lowest BCUT2D eigenvalue weighted by molar-refractivity contribution is 0.122. The monoisotopic (exact) mass is 532 g/mol. The molecule has 2 N–H and O–H groups in total. The lowest BCUT2D eigenvalue weighted by Gasteiger charge is -2.27. The third-order valence-corrected chi connectivity index (χ3v) is 6.25. The second kappa shape index (κ2) is 11.9. The number of nitrogens with zero attached hydrogens (tertiary/aromatic N) is 6. The minimum Gasteiger partial charge on any atom is -0.378 e. The molecule has 1 saturated heterocycles. The van der Waals surface area contributed by atoms with E-state index in [1.807, 2.05) is 48.4 Å². The summed E-state index contributed by atoms with van der Waals surface area (Å²) in [6.45, 7) is 4.24.